The molecule has 0 heterocycles. The zero-order valence-corrected chi connectivity index (χ0v) is 17.7. The van der Waals surface area contributed by atoms with E-state index in [0.29, 0.717) is 10.6 Å². The number of likely N-dealkylation sites (N-methyl/N-ethyl adjacent to an activating group) is 1. The number of anilines is 1. The van der Waals surface area contributed by atoms with Gasteiger partial charge in [-0.15, -0.1) is 0 Å². The summed E-state index contributed by atoms with van der Waals surface area (Å²) < 4.78 is 16.8. The lowest BCUT2D eigenvalue weighted by atomic mass is 10.1. The van der Waals surface area contributed by atoms with Crippen LogP contribution >= 0.6 is 0 Å². The lowest BCUT2D eigenvalue weighted by molar-refractivity contribution is -0.136. The number of amides is 2. The van der Waals surface area contributed by atoms with E-state index in [-0.39, 0.29) is 18.0 Å². The zero-order valence-electron chi connectivity index (χ0n) is 16.9. The van der Waals surface area contributed by atoms with Crippen molar-refractivity contribution in [2.24, 2.45) is 0 Å². The van der Waals surface area contributed by atoms with E-state index < -0.39 is 29.3 Å². The van der Waals surface area contributed by atoms with Crippen LogP contribution in [0.1, 0.15) is 21.5 Å². The average Bonchev–Trinajstić information content (AvgIpc) is 2.68. The highest BCUT2D eigenvalue weighted by atomic mass is 32.2. The molecule has 29 heavy (non-hydrogen) atoms. The topological polar surface area (TPSA) is 92.8 Å². The van der Waals surface area contributed by atoms with Crippen molar-refractivity contribution in [3.8, 4) is 0 Å². The summed E-state index contributed by atoms with van der Waals surface area (Å²) in [4.78, 5) is 38.2. The van der Waals surface area contributed by atoms with Crippen molar-refractivity contribution in [1.82, 2.24) is 4.90 Å². The van der Waals surface area contributed by atoms with Gasteiger partial charge in [0.15, 0.2) is 6.61 Å². The maximum atomic E-state index is 12.2. The first-order chi connectivity index (χ1) is 13.7. The predicted molar refractivity (Wildman–Crippen MR) is 111 cm³/mol. The summed E-state index contributed by atoms with van der Waals surface area (Å²) in [6.07, 6.45) is 1.46. The number of benzene rings is 2. The molecule has 2 aromatic rings. The Labute approximate surface area is 172 Å². The highest BCUT2D eigenvalue weighted by Crippen LogP contribution is 2.16. The van der Waals surface area contributed by atoms with Gasteiger partial charge in [-0.2, -0.15) is 0 Å². The van der Waals surface area contributed by atoms with Gasteiger partial charge in [0.05, 0.1) is 27.8 Å². The molecule has 0 saturated heterocycles. The predicted octanol–water partition coefficient (Wildman–Crippen LogP) is 2.29. The monoisotopic (exact) mass is 416 g/mol. The molecule has 2 amide bonds. The number of carbonyl (C=O) groups is 3. The molecule has 2 rings (SSSR count). The van der Waals surface area contributed by atoms with Crippen molar-refractivity contribution in [3.63, 3.8) is 0 Å². The molecule has 0 fully saturated rings. The summed E-state index contributed by atoms with van der Waals surface area (Å²) >= 11 is 0. The number of esters is 1. The Hall–Kier alpha value is -3.00. The van der Waals surface area contributed by atoms with Gasteiger partial charge < -0.3 is 15.0 Å². The van der Waals surface area contributed by atoms with Gasteiger partial charge in [0, 0.05) is 19.0 Å². The van der Waals surface area contributed by atoms with Crippen LogP contribution in [-0.2, 0) is 25.1 Å². The molecule has 2 aromatic carbocycles. The minimum absolute atomic E-state index is 0.149. The third-order valence-corrected chi connectivity index (χ3v) is 5.19. The fourth-order valence-corrected chi connectivity index (χ4v) is 3.30. The summed E-state index contributed by atoms with van der Waals surface area (Å²) in [5.41, 5.74) is 2.76. The van der Waals surface area contributed by atoms with Gasteiger partial charge in [0.1, 0.15) is 0 Å². The van der Waals surface area contributed by atoms with E-state index in [1.807, 2.05) is 32.0 Å². The summed E-state index contributed by atoms with van der Waals surface area (Å²) in [6.45, 7) is 3.10. The minimum Gasteiger partial charge on any atom is -0.452 e. The van der Waals surface area contributed by atoms with Crippen LogP contribution in [0.25, 0.3) is 0 Å². The fraction of sp³-hybridized carbons (Fsp3) is 0.286. The molecular formula is C21H24N2O5S. The molecule has 1 N–H and O–H groups in total. The third-order valence-electron chi connectivity index (χ3n) is 4.22. The molecule has 0 aromatic heterocycles. The Bertz CT molecular complexity index is 958. The highest BCUT2D eigenvalue weighted by Gasteiger charge is 2.19. The SMILES string of the molecule is Cc1ccc(C)c(NC(=O)CN(C)C(=O)COC(=O)c2ccccc2[S@@](C)=O)c1. The molecule has 0 unspecified atom stereocenters. The fourth-order valence-electron chi connectivity index (χ4n) is 2.57. The van der Waals surface area contributed by atoms with E-state index in [2.05, 4.69) is 5.32 Å². The van der Waals surface area contributed by atoms with Gasteiger partial charge in [0.2, 0.25) is 5.91 Å². The zero-order chi connectivity index (χ0) is 21.6. The molecule has 1 atom stereocenters. The summed E-state index contributed by atoms with van der Waals surface area (Å²) in [5.74, 6) is -1.62. The van der Waals surface area contributed by atoms with Crippen LogP contribution in [0.2, 0.25) is 0 Å². The first-order valence-electron chi connectivity index (χ1n) is 8.89. The van der Waals surface area contributed by atoms with Crippen LogP contribution in [0.15, 0.2) is 47.4 Å². The van der Waals surface area contributed by atoms with Crippen molar-refractivity contribution in [3.05, 3.63) is 59.2 Å². The Morgan fingerprint density at radius 1 is 1.10 bits per heavy atom. The minimum atomic E-state index is -1.36. The summed E-state index contributed by atoms with van der Waals surface area (Å²) in [5, 5.41) is 2.77. The number of carbonyl (C=O) groups excluding carboxylic acids is 3. The standard InChI is InChI=1S/C21H24N2O5S/c1-14-9-10-15(2)17(11-14)22-19(24)12-23(3)20(25)13-28-21(26)16-7-5-6-8-18(16)29(4)27/h5-11H,12-13H2,1-4H3,(H,22,24)/t29-/m1/s1. The van der Waals surface area contributed by atoms with Gasteiger partial charge in [-0.3, -0.25) is 13.8 Å². The Kier molecular flexibility index (Phi) is 7.67. The van der Waals surface area contributed by atoms with Gasteiger partial charge in [-0.1, -0.05) is 24.3 Å². The number of hydrogen-bond acceptors (Lipinski definition) is 5. The van der Waals surface area contributed by atoms with Crippen LogP contribution in [-0.4, -0.2) is 53.3 Å². The number of hydrogen-bond donors (Lipinski definition) is 1. The number of nitrogens with zero attached hydrogens (tertiary/aromatic N) is 1. The smallest absolute Gasteiger partial charge is 0.339 e. The Balaban J connectivity index is 1.90. The largest absolute Gasteiger partial charge is 0.452 e. The molecule has 7 nitrogen and oxygen atoms in total. The van der Waals surface area contributed by atoms with E-state index in [1.54, 1.807) is 18.2 Å². The van der Waals surface area contributed by atoms with Gasteiger partial charge in [-0.05, 0) is 43.2 Å². The molecule has 0 aliphatic heterocycles. The first-order valence-corrected chi connectivity index (χ1v) is 10.5. The van der Waals surface area contributed by atoms with E-state index in [9.17, 15) is 18.6 Å². The second kappa shape index (κ2) is 9.97. The number of aryl methyl sites for hydroxylation is 2. The lowest BCUT2D eigenvalue weighted by Gasteiger charge is -2.17. The van der Waals surface area contributed by atoms with E-state index >= 15 is 0 Å². The van der Waals surface area contributed by atoms with Crippen LogP contribution in [0, 0.1) is 13.8 Å². The molecule has 8 heteroatoms. The second-order valence-electron chi connectivity index (χ2n) is 6.64. The van der Waals surface area contributed by atoms with Crippen molar-refractivity contribution in [2.45, 2.75) is 18.7 Å². The molecule has 0 spiro atoms. The maximum absolute atomic E-state index is 12.2. The molecule has 0 saturated carbocycles. The highest BCUT2D eigenvalue weighted by molar-refractivity contribution is 7.84. The normalized spacial score (nSPS) is 11.4. The van der Waals surface area contributed by atoms with E-state index in [1.165, 1.54) is 24.3 Å². The van der Waals surface area contributed by atoms with Crippen LogP contribution in [0.4, 0.5) is 5.69 Å². The second-order valence-corrected chi connectivity index (χ2v) is 7.99. The third kappa shape index (κ3) is 6.25. The molecule has 0 aliphatic rings. The number of ether oxygens (including phenoxy) is 1. The Morgan fingerprint density at radius 2 is 1.79 bits per heavy atom. The van der Waals surface area contributed by atoms with Crippen LogP contribution in [0.5, 0.6) is 0 Å². The maximum Gasteiger partial charge on any atom is 0.339 e. The average molecular weight is 416 g/mol. The van der Waals surface area contributed by atoms with Gasteiger partial charge in [-0.25, -0.2) is 4.79 Å². The van der Waals surface area contributed by atoms with E-state index in [4.69, 9.17) is 4.74 Å². The van der Waals surface area contributed by atoms with Crippen LogP contribution < -0.4 is 5.32 Å². The van der Waals surface area contributed by atoms with Crippen molar-refractivity contribution in [1.29, 1.82) is 0 Å². The number of rotatable bonds is 7. The summed E-state index contributed by atoms with van der Waals surface area (Å²) in [7, 11) is 0.0879. The molecular weight excluding hydrogens is 392 g/mol. The number of nitrogens with one attached hydrogen (secondary N) is 1. The van der Waals surface area contributed by atoms with Gasteiger partial charge >= 0.3 is 5.97 Å². The van der Waals surface area contributed by atoms with Crippen molar-refractivity contribution >= 4 is 34.3 Å². The van der Waals surface area contributed by atoms with Gasteiger partial charge in [0.25, 0.3) is 5.91 Å². The molecule has 0 radical (unpaired) electrons. The molecule has 0 aliphatic carbocycles. The quantitative estimate of drug-likeness (QED) is 0.699. The van der Waals surface area contributed by atoms with Crippen molar-refractivity contribution in [2.75, 3.05) is 31.8 Å². The van der Waals surface area contributed by atoms with E-state index in [0.717, 1.165) is 11.1 Å². The Morgan fingerprint density at radius 3 is 2.48 bits per heavy atom. The summed E-state index contributed by atoms with van der Waals surface area (Å²) in [6, 6.07) is 12.1. The van der Waals surface area contributed by atoms with Crippen molar-refractivity contribution < 1.29 is 23.3 Å². The first kappa shape index (κ1) is 22.3. The molecule has 154 valence electrons. The molecule has 0 bridgehead atoms. The lowest BCUT2D eigenvalue weighted by Crippen LogP contribution is -2.37. The van der Waals surface area contributed by atoms with Crippen LogP contribution in [0.3, 0.4) is 0 Å².